The van der Waals surface area contributed by atoms with Crippen molar-refractivity contribution in [1.82, 2.24) is 5.32 Å². The van der Waals surface area contributed by atoms with Crippen molar-refractivity contribution in [3.05, 3.63) is 24.3 Å². The zero-order chi connectivity index (χ0) is 17.1. The number of aliphatic hydroxyl groups excluding tert-OH is 1. The van der Waals surface area contributed by atoms with E-state index >= 15 is 0 Å². The van der Waals surface area contributed by atoms with Crippen molar-refractivity contribution < 1.29 is 14.6 Å². The molecule has 0 bridgehead atoms. The van der Waals surface area contributed by atoms with Crippen LogP contribution < -0.4 is 14.8 Å². The van der Waals surface area contributed by atoms with Crippen LogP contribution in [0.1, 0.15) is 47.0 Å². The highest BCUT2D eigenvalue weighted by Gasteiger charge is 2.08. The van der Waals surface area contributed by atoms with E-state index in [0.717, 1.165) is 23.8 Å². The molecule has 0 spiro atoms. The zero-order valence-electron chi connectivity index (χ0n) is 15.0. The molecular weight excluding hydrogens is 290 g/mol. The van der Waals surface area contributed by atoms with E-state index in [2.05, 4.69) is 26.1 Å². The van der Waals surface area contributed by atoms with Gasteiger partial charge in [-0.05, 0) is 50.5 Å². The van der Waals surface area contributed by atoms with E-state index in [9.17, 15) is 5.11 Å². The average molecular weight is 323 g/mol. The van der Waals surface area contributed by atoms with Crippen molar-refractivity contribution in [3.63, 3.8) is 0 Å². The van der Waals surface area contributed by atoms with Crippen molar-refractivity contribution >= 4 is 0 Å². The van der Waals surface area contributed by atoms with Gasteiger partial charge in [0.05, 0.1) is 6.61 Å². The molecule has 0 amide bonds. The van der Waals surface area contributed by atoms with Gasteiger partial charge in [-0.25, -0.2) is 0 Å². The standard InChI is InChI=1S/C19H33NO3/c1-5-22-18-9-11-19(12-10-18)23-14-17(21)13-20-16(4)8-6-7-15(2)3/h9-12,15-17,20-21H,5-8,13-14H2,1-4H3/t16-,17-/m0/s1. The molecule has 4 nitrogen and oxygen atoms in total. The predicted molar refractivity (Wildman–Crippen MR) is 95.3 cm³/mol. The molecule has 0 unspecified atom stereocenters. The lowest BCUT2D eigenvalue weighted by Gasteiger charge is -2.18. The molecule has 132 valence electrons. The minimum absolute atomic E-state index is 0.291. The Morgan fingerprint density at radius 2 is 1.61 bits per heavy atom. The summed E-state index contributed by atoms with van der Waals surface area (Å²) >= 11 is 0. The topological polar surface area (TPSA) is 50.7 Å². The molecule has 2 atom stereocenters. The first kappa shape index (κ1) is 19.8. The minimum Gasteiger partial charge on any atom is -0.494 e. The Morgan fingerprint density at radius 1 is 1.00 bits per heavy atom. The van der Waals surface area contributed by atoms with E-state index in [-0.39, 0.29) is 0 Å². The highest BCUT2D eigenvalue weighted by molar-refractivity contribution is 5.31. The van der Waals surface area contributed by atoms with Crippen molar-refractivity contribution in [1.29, 1.82) is 0 Å². The fraction of sp³-hybridized carbons (Fsp3) is 0.684. The van der Waals surface area contributed by atoms with Crippen LogP contribution in [0, 0.1) is 5.92 Å². The Hall–Kier alpha value is -1.26. The Balaban J connectivity index is 2.17. The van der Waals surface area contributed by atoms with Gasteiger partial charge in [-0.15, -0.1) is 0 Å². The van der Waals surface area contributed by atoms with Gasteiger partial charge in [0.2, 0.25) is 0 Å². The Kier molecular flexibility index (Phi) is 9.72. The molecule has 1 rings (SSSR count). The van der Waals surface area contributed by atoms with Crippen LogP contribution in [-0.4, -0.2) is 37.0 Å². The van der Waals surface area contributed by atoms with Gasteiger partial charge < -0.3 is 19.9 Å². The molecule has 0 fully saturated rings. The third-order valence-corrected chi connectivity index (χ3v) is 3.70. The zero-order valence-corrected chi connectivity index (χ0v) is 15.0. The van der Waals surface area contributed by atoms with Crippen molar-refractivity contribution in [2.24, 2.45) is 5.92 Å². The van der Waals surface area contributed by atoms with Crippen LogP contribution >= 0.6 is 0 Å². The van der Waals surface area contributed by atoms with Gasteiger partial charge in [0.1, 0.15) is 24.2 Å². The van der Waals surface area contributed by atoms with Crippen molar-refractivity contribution in [2.75, 3.05) is 19.8 Å². The third kappa shape index (κ3) is 9.47. The Morgan fingerprint density at radius 3 is 2.17 bits per heavy atom. The van der Waals surface area contributed by atoms with Crippen LogP contribution in [0.2, 0.25) is 0 Å². The summed E-state index contributed by atoms with van der Waals surface area (Å²) in [5.74, 6) is 2.34. The Bertz CT molecular complexity index is 406. The van der Waals surface area contributed by atoms with Gasteiger partial charge in [0.15, 0.2) is 0 Å². The van der Waals surface area contributed by atoms with Gasteiger partial charge >= 0.3 is 0 Å². The second-order valence-electron chi connectivity index (χ2n) is 6.50. The summed E-state index contributed by atoms with van der Waals surface area (Å²) in [4.78, 5) is 0. The second kappa shape index (κ2) is 11.3. The summed E-state index contributed by atoms with van der Waals surface area (Å²) in [5.41, 5.74) is 0. The number of ether oxygens (including phenoxy) is 2. The number of nitrogens with one attached hydrogen (secondary N) is 1. The summed E-state index contributed by atoms with van der Waals surface area (Å²) in [6, 6.07) is 7.90. The van der Waals surface area contributed by atoms with E-state index in [4.69, 9.17) is 9.47 Å². The predicted octanol–water partition coefficient (Wildman–Crippen LogP) is 3.63. The summed E-state index contributed by atoms with van der Waals surface area (Å²) in [7, 11) is 0. The average Bonchev–Trinajstić information content (AvgIpc) is 2.52. The second-order valence-corrected chi connectivity index (χ2v) is 6.50. The number of rotatable bonds is 12. The first-order valence-corrected chi connectivity index (χ1v) is 8.78. The minimum atomic E-state index is -0.505. The summed E-state index contributed by atoms with van der Waals surface area (Å²) in [6.45, 7) is 10.1. The smallest absolute Gasteiger partial charge is 0.119 e. The first-order chi connectivity index (χ1) is 11.0. The van der Waals surface area contributed by atoms with Crippen LogP contribution in [-0.2, 0) is 0 Å². The van der Waals surface area contributed by atoms with Crippen molar-refractivity contribution in [3.8, 4) is 11.5 Å². The van der Waals surface area contributed by atoms with Gasteiger partial charge in [-0.1, -0.05) is 26.7 Å². The number of hydrogen-bond acceptors (Lipinski definition) is 4. The van der Waals surface area contributed by atoms with Crippen molar-refractivity contribution in [2.45, 2.75) is 59.1 Å². The fourth-order valence-corrected chi connectivity index (χ4v) is 2.32. The molecule has 0 aromatic heterocycles. The molecule has 0 aliphatic carbocycles. The molecule has 0 heterocycles. The molecule has 1 aromatic rings. The maximum atomic E-state index is 10.00. The lowest BCUT2D eigenvalue weighted by molar-refractivity contribution is 0.103. The molecule has 0 radical (unpaired) electrons. The van der Waals surface area contributed by atoms with Crippen LogP contribution in [0.5, 0.6) is 11.5 Å². The third-order valence-electron chi connectivity index (χ3n) is 3.70. The number of aliphatic hydroxyl groups is 1. The summed E-state index contributed by atoms with van der Waals surface area (Å²) < 4.78 is 11.0. The fourth-order valence-electron chi connectivity index (χ4n) is 2.32. The molecular formula is C19H33NO3. The lowest BCUT2D eigenvalue weighted by atomic mass is 10.0. The molecule has 0 aliphatic rings. The van der Waals surface area contributed by atoms with Crippen LogP contribution in [0.15, 0.2) is 24.3 Å². The maximum Gasteiger partial charge on any atom is 0.119 e. The molecule has 0 aliphatic heterocycles. The van der Waals surface area contributed by atoms with Crippen LogP contribution in [0.25, 0.3) is 0 Å². The molecule has 4 heteroatoms. The van der Waals surface area contributed by atoms with E-state index in [1.165, 1.54) is 12.8 Å². The van der Waals surface area contributed by atoms with E-state index < -0.39 is 6.10 Å². The van der Waals surface area contributed by atoms with Crippen LogP contribution in [0.3, 0.4) is 0 Å². The maximum absolute atomic E-state index is 10.00. The molecule has 0 saturated heterocycles. The monoisotopic (exact) mass is 323 g/mol. The van der Waals surface area contributed by atoms with Gasteiger partial charge in [0, 0.05) is 12.6 Å². The molecule has 0 saturated carbocycles. The van der Waals surface area contributed by atoms with E-state index in [0.29, 0.717) is 25.8 Å². The largest absolute Gasteiger partial charge is 0.494 e. The summed E-state index contributed by atoms with van der Waals surface area (Å²) in [6.07, 6.45) is 3.12. The molecule has 1 aromatic carbocycles. The highest BCUT2D eigenvalue weighted by atomic mass is 16.5. The quantitative estimate of drug-likeness (QED) is 0.617. The highest BCUT2D eigenvalue weighted by Crippen LogP contribution is 2.17. The summed E-state index contributed by atoms with van der Waals surface area (Å²) in [5, 5.41) is 13.4. The SMILES string of the molecule is CCOc1ccc(OC[C@@H](O)CN[C@@H](C)CCCC(C)C)cc1. The number of hydrogen-bond donors (Lipinski definition) is 2. The van der Waals surface area contributed by atoms with E-state index in [1.807, 2.05) is 31.2 Å². The van der Waals surface area contributed by atoms with Crippen LogP contribution in [0.4, 0.5) is 0 Å². The van der Waals surface area contributed by atoms with Gasteiger partial charge in [0.25, 0.3) is 0 Å². The lowest BCUT2D eigenvalue weighted by Crippen LogP contribution is -2.36. The van der Waals surface area contributed by atoms with Gasteiger partial charge in [-0.2, -0.15) is 0 Å². The van der Waals surface area contributed by atoms with Gasteiger partial charge in [-0.3, -0.25) is 0 Å². The normalized spacial score (nSPS) is 13.8. The van der Waals surface area contributed by atoms with E-state index in [1.54, 1.807) is 0 Å². The first-order valence-electron chi connectivity index (χ1n) is 8.78. The molecule has 23 heavy (non-hydrogen) atoms. The number of benzene rings is 1. The molecule has 2 N–H and O–H groups in total. The Labute approximate surface area is 141 Å².